The number of piperazine rings is 1. The lowest BCUT2D eigenvalue weighted by Gasteiger charge is -2.35. The number of aromatic hydroxyl groups is 1. The first kappa shape index (κ1) is 32.8. The number of carbonyl (C=O) groups excluding carboxylic acids is 1. The van der Waals surface area contributed by atoms with Crippen LogP contribution in [0.4, 0.5) is 31.8 Å². The monoisotopic (exact) mass is 694 g/mol. The molecule has 3 N–H and O–H groups in total. The van der Waals surface area contributed by atoms with Gasteiger partial charge in [0.1, 0.15) is 34.5 Å². The van der Waals surface area contributed by atoms with Crippen LogP contribution >= 0.6 is 11.9 Å². The summed E-state index contributed by atoms with van der Waals surface area (Å²) in [7, 11) is 1.62. The molecule has 4 heterocycles. The first-order chi connectivity index (χ1) is 24.3. The zero-order chi connectivity index (χ0) is 34.8. The van der Waals surface area contributed by atoms with Crippen LogP contribution in [0.1, 0.15) is 10.4 Å². The van der Waals surface area contributed by atoms with Crippen LogP contribution in [0.25, 0.3) is 28.3 Å². The molecular formula is C36H32F2N8O3S. The molecule has 0 bridgehead atoms. The van der Waals surface area contributed by atoms with Gasteiger partial charge in [0.2, 0.25) is 5.95 Å². The number of phenols is 1. The summed E-state index contributed by atoms with van der Waals surface area (Å²) < 4.78 is 38.6. The number of benzene rings is 3. The molecule has 0 aliphatic carbocycles. The molecular weight excluding hydrogens is 663 g/mol. The van der Waals surface area contributed by atoms with E-state index in [1.54, 1.807) is 37.4 Å². The van der Waals surface area contributed by atoms with Gasteiger partial charge >= 0.3 is 0 Å². The maximum atomic E-state index is 14.3. The van der Waals surface area contributed by atoms with Crippen LogP contribution in [0.5, 0.6) is 11.5 Å². The molecule has 1 amide bonds. The fourth-order valence-corrected chi connectivity index (χ4v) is 6.41. The lowest BCUT2D eigenvalue weighted by molar-refractivity contribution is 0.102. The molecule has 11 nitrogen and oxygen atoms in total. The second kappa shape index (κ2) is 14.0. The van der Waals surface area contributed by atoms with Gasteiger partial charge in [0.15, 0.2) is 0 Å². The number of carbonyl (C=O) groups is 1. The van der Waals surface area contributed by atoms with Crippen LogP contribution in [0.15, 0.2) is 91.3 Å². The van der Waals surface area contributed by atoms with Crippen LogP contribution in [0.2, 0.25) is 0 Å². The Hall–Kier alpha value is -5.73. The van der Waals surface area contributed by atoms with Crippen LogP contribution in [0.3, 0.4) is 0 Å². The molecule has 3 aromatic carbocycles. The Morgan fingerprint density at radius 1 is 0.940 bits per heavy atom. The normalized spacial score (nSPS) is 13.4. The Morgan fingerprint density at radius 3 is 2.50 bits per heavy atom. The van der Waals surface area contributed by atoms with Crippen molar-refractivity contribution in [2.75, 3.05) is 55.1 Å². The molecule has 7 rings (SSSR count). The summed E-state index contributed by atoms with van der Waals surface area (Å²) in [6, 6.07) is 20.9. The topological polar surface area (TPSA) is 120 Å². The Balaban J connectivity index is 1.21. The highest BCUT2D eigenvalue weighted by atomic mass is 32.2. The number of pyridine rings is 1. The van der Waals surface area contributed by atoms with Gasteiger partial charge in [0.25, 0.3) is 5.91 Å². The molecule has 1 saturated heterocycles. The number of hydrogen-bond donors (Lipinski definition) is 3. The van der Waals surface area contributed by atoms with Crippen molar-refractivity contribution in [1.82, 2.24) is 23.7 Å². The Bertz CT molecular complexity index is 2190. The van der Waals surface area contributed by atoms with E-state index in [0.29, 0.717) is 45.7 Å². The molecule has 6 aromatic rings. The van der Waals surface area contributed by atoms with E-state index in [0.717, 1.165) is 44.0 Å². The average Bonchev–Trinajstić information content (AvgIpc) is 3.53. The number of methoxy groups -OCH3 is 1. The van der Waals surface area contributed by atoms with E-state index in [2.05, 4.69) is 31.1 Å². The van der Waals surface area contributed by atoms with Crippen molar-refractivity contribution in [2.24, 2.45) is 0 Å². The van der Waals surface area contributed by atoms with E-state index in [-0.39, 0.29) is 11.3 Å². The molecule has 14 heteroatoms. The number of imidazole rings is 1. The second-order valence-corrected chi connectivity index (χ2v) is 12.3. The van der Waals surface area contributed by atoms with Crippen molar-refractivity contribution in [2.45, 2.75) is 0 Å². The van der Waals surface area contributed by atoms with E-state index in [9.17, 15) is 18.7 Å². The third-order valence-electron chi connectivity index (χ3n) is 8.44. The van der Waals surface area contributed by atoms with Crippen molar-refractivity contribution in [3.05, 3.63) is 108 Å². The Labute approximate surface area is 290 Å². The largest absolute Gasteiger partial charge is 0.507 e. The van der Waals surface area contributed by atoms with Gasteiger partial charge in [-0.2, -0.15) is 0 Å². The minimum absolute atomic E-state index is 0.195. The molecule has 1 aliphatic rings. The lowest BCUT2D eigenvalue weighted by atomic mass is 10.0. The molecule has 3 aromatic heterocycles. The number of fused-ring (bicyclic) bond motifs is 1. The highest BCUT2D eigenvalue weighted by Gasteiger charge is 2.23. The number of aromatic nitrogens is 4. The predicted octanol–water partition coefficient (Wildman–Crippen LogP) is 6.85. The van der Waals surface area contributed by atoms with Gasteiger partial charge < -0.3 is 25.4 Å². The zero-order valence-corrected chi connectivity index (χ0v) is 27.9. The number of halogens is 2. The van der Waals surface area contributed by atoms with E-state index >= 15 is 0 Å². The number of amides is 1. The van der Waals surface area contributed by atoms with Crippen LogP contribution in [-0.4, -0.2) is 74.2 Å². The van der Waals surface area contributed by atoms with Crippen molar-refractivity contribution < 1.29 is 23.4 Å². The second-order valence-electron chi connectivity index (χ2n) is 11.4. The SMILES string of the molecule is COc1cc(N2CCN(SC)CC2)ccc1Nc1nccc(-c2c(-c3ccc(O)c(C(=O)Nc4c(F)cccc4F)c3)nc3ccccn23)n1. The van der Waals surface area contributed by atoms with E-state index in [4.69, 9.17) is 14.7 Å². The van der Waals surface area contributed by atoms with Gasteiger partial charge in [-0.15, -0.1) is 0 Å². The van der Waals surface area contributed by atoms with Crippen molar-refractivity contribution in [3.8, 4) is 34.1 Å². The summed E-state index contributed by atoms with van der Waals surface area (Å²) in [5.41, 5.74) is 3.58. The van der Waals surface area contributed by atoms with Crippen molar-refractivity contribution in [3.63, 3.8) is 0 Å². The molecule has 50 heavy (non-hydrogen) atoms. The fourth-order valence-electron chi connectivity index (χ4n) is 5.89. The minimum atomic E-state index is -0.942. The summed E-state index contributed by atoms with van der Waals surface area (Å²) in [6.07, 6.45) is 5.56. The number of hydrogen-bond acceptors (Lipinski definition) is 10. The fraction of sp³-hybridized carbons (Fsp3) is 0.167. The number of nitrogens with zero attached hydrogens (tertiary/aromatic N) is 6. The smallest absolute Gasteiger partial charge is 0.259 e. The summed E-state index contributed by atoms with van der Waals surface area (Å²) in [4.78, 5) is 29.6. The maximum absolute atomic E-state index is 14.3. The first-order valence-electron chi connectivity index (χ1n) is 15.7. The number of para-hydroxylation sites is 1. The van der Waals surface area contributed by atoms with Gasteiger partial charge in [-0.1, -0.05) is 24.1 Å². The standard InChI is InChI=1S/C36H32F2N8O3S/c1-49-30-21-23(44-16-18-45(50-2)19-17-44)10-11-27(30)40-36-39-14-13-28(41-36)34-32(42-31-8-3-4-15-46(31)34)22-9-12-29(47)24(20-22)35(48)43-33-25(37)6-5-7-26(33)38/h3-15,20-21,47H,16-19H2,1-2H3,(H,43,48)(H,39,40,41). The molecule has 254 valence electrons. The molecule has 0 spiro atoms. The number of rotatable bonds is 9. The van der Waals surface area contributed by atoms with Crippen LogP contribution < -0.4 is 20.3 Å². The van der Waals surface area contributed by atoms with E-state index < -0.39 is 23.2 Å². The van der Waals surface area contributed by atoms with Gasteiger partial charge in [0, 0.05) is 55.9 Å². The maximum Gasteiger partial charge on any atom is 0.259 e. The van der Waals surface area contributed by atoms with Gasteiger partial charge in [-0.3, -0.25) is 9.20 Å². The summed E-state index contributed by atoms with van der Waals surface area (Å²) >= 11 is 1.76. The van der Waals surface area contributed by atoms with Crippen molar-refractivity contribution in [1.29, 1.82) is 0 Å². The minimum Gasteiger partial charge on any atom is -0.507 e. The highest BCUT2D eigenvalue weighted by molar-refractivity contribution is 7.96. The van der Waals surface area contributed by atoms with E-state index in [1.165, 1.54) is 18.2 Å². The summed E-state index contributed by atoms with van der Waals surface area (Å²) in [6.45, 7) is 3.78. The Morgan fingerprint density at radius 2 is 1.74 bits per heavy atom. The predicted molar refractivity (Wildman–Crippen MR) is 191 cm³/mol. The van der Waals surface area contributed by atoms with Crippen LogP contribution in [0, 0.1) is 11.6 Å². The van der Waals surface area contributed by atoms with Gasteiger partial charge in [0.05, 0.1) is 35.4 Å². The molecule has 0 unspecified atom stereocenters. The zero-order valence-electron chi connectivity index (χ0n) is 27.1. The van der Waals surface area contributed by atoms with Gasteiger partial charge in [-0.25, -0.2) is 28.0 Å². The molecule has 0 atom stereocenters. The molecule has 0 saturated carbocycles. The molecule has 1 aliphatic heterocycles. The molecule has 1 fully saturated rings. The van der Waals surface area contributed by atoms with Crippen LogP contribution in [-0.2, 0) is 0 Å². The quantitative estimate of drug-likeness (QED) is 0.139. The third-order valence-corrected chi connectivity index (χ3v) is 9.32. The average molecular weight is 695 g/mol. The highest BCUT2D eigenvalue weighted by Crippen LogP contribution is 2.36. The molecule has 0 radical (unpaired) electrons. The lowest BCUT2D eigenvalue weighted by Crippen LogP contribution is -2.43. The number of nitrogens with one attached hydrogen (secondary N) is 2. The van der Waals surface area contributed by atoms with E-state index in [1.807, 2.05) is 47.0 Å². The number of anilines is 4. The van der Waals surface area contributed by atoms with Crippen molar-refractivity contribution >= 4 is 46.5 Å². The Kier molecular flexibility index (Phi) is 9.19. The number of ether oxygens (including phenoxy) is 1. The third kappa shape index (κ3) is 6.50. The number of phenolic OH excluding ortho intramolecular Hbond substituents is 1. The first-order valence-corrected chi connectivity index (χ1v) is 16.9. The van der Waals surface area contributed by atoms with Gasteiger partial charge in [-0.05, 0) is 66.9 Å². The summed E-state index contributed by atoms with van der Waals surface area (Å²) in [5.74, 6) is -2.19. The summed E-state index contributed by atoms with van der Waals surface area (Å²) in [5, 5.41) is 16.1.